The van der Waals surface area contributed by atoms with Crippen LogP contribution in [0.5, 0.6) is 11.5 Å². The van der Waals surface area contributed by atoms with Gasteiger partial charge in [0.15, 0.2) is 5.58 Å². The number of nitrogens with zero attached hydrogens (tertiary/aromatic N) is 1. The predicted octanol–water partition coefficient (Wildman–Crippen LogP) is 5.91. The maximum absolute atomic E-state index is 11.0. The number of carboxylic acid groups (broad SMARTS) is 1. The van der Waals surface area contributed by atoms with Crippen LogP contribution < -0.4 is 9.47 Å². The zero-order valence-electron chi connectivity index (χ0n) is 19.3. The Balaban J connectivity index is 1.58. The third-order valence-electron chi connectivity index (χ3n) is 5.46. The quantitative estimate of drug-likeness (QED) is 0.334. The van der Waals surface area contributed by atoms with Gasteiger partial charge in [-0.2, -0.15) is 0 Å². The number of aryl methyl sites for hydroxylation is 3. The minimum atomic E-state index is -0.821. The van der Waals surface area contributed by atoms with Crippen LogP contribution in [0.2, 0.25) is 0 Å². The first-order chi connectivity index (χ1) is 15.5. The number of hydrogen-bond acceptors (Lipinski definition) is 5. The van der Waals surface area contributed by atoms with Gasteiger partial charge in [0.2, 0.25) is 0 Å². The van der Waals surface area contributed by atoms with Gasteiger partial charge in [-0.05, 0) is 55.5 Å². The highest BCUT2D eigenvalue weighted by Gasteiger charge is 2.14. The van der Waals surface area contributed by atoms with Crippen molar-refractivity contribution in [3.8, 4) is 11.5 Å². The third kappa shape index (κ3) is 6.02. The van der Waals surface area contributed by atoms with E-state index in [2.05, 4.69) is 19.0 Å². The lowest BCUT2D eigenvalue weighted by Crippen LogP contribution is -2.08. The lowest BCUT2D eigenvalue weighted by molar-refractivity contribution is -0.136. The van der Waals surface area contributed by atoms with Crippen LogP contribution in [0.3, 0.4) is 0 Å². The van der Waals surface area contributed by atoms with Crippen molar-refractivity contribution in [2.45, 2.75) is 65.7 Å². The van der Waals surface area contributed by atoms with Gasteiger partial charge in [-0.15, -0.1) is 0 Å². The largest absolute Gasteiger partial charge is 0.493 e. The van der Waals surface area contributed by atoms with Crippen LogP contribution in [0.1, 0.15) is 61.9 Å². The van der Waals surface area contributed by atoms with Crippen LogP contribution in [0.25, 0.3) is 11.0 Å². The Morgan fingerprint density at radius 2 is 1.75 bits per heavy atom. The van der Waals surface area contributed by atoms with E-state index in [1.165, 1.54) is 0 Å². The molecular weight excluding hydrogens is 406 g/mol. The second kappa shape index (κ2) is 11.6. The maximum Gasteiger partial charge on any atom is 0.307 e. The van der Waals surface area contributed by atoms with Crippen LogP contribution >= 0.6 is 0 Å². The van der Waals surface area contributed by atoms with E-state index in [4.69, 9.17) is 19.1 Å². The van der Waals surface area contributed by atoms with Gasteiger partial charge < -0.3 is 19.1 Å². The van der Waals surface area contributed by atoms with Crippen LogP contribution in [-0.2, 0) is 24.1 Å². The molecule has 0 amide bonds. The number of rotatable bonds is 13. The molecule has 1 aromatic heterocycles. The van der Waals surface area contributed by atoms with E-state index >= 15 is 0 Å². The molecule has 172 valence electrons. The van der Waals surface area contributed by atoms with E-state index in [0.29, 0.717) is 13.2 Å². The number of fused-ring (bicyclic) bond motifs is 1. The molecule has 6 nitrogen and oxygen atoms in total. The first-order valence-electron chi connectivity index (χ1n) is 11.5. The van der Waals surface area contributed by atoms with Gasteiger partial charge in [-0.25, -0.2) is 0 Å². The molecule has 0 spiro atoms. The number of carboxylic acids is 1. The summed E-state index contributed by atoms with van der Waals surface area (Å²) in [6.07, 6.45) is 5.64. The number of unbranched alkanes of at least 4 members (excludes halogenated alkanes) is 1. The summed E-state index contributed by atoms with van der Waals surface area (Å²) < 4.78 is 17.6. The molecule has 3 rings (SSSR count). The Bertz CT molecular complexity index is 1040. The molecule has 0 fully saturated rings. The summed E-state index contributed by atoms with van der Waals surface area (Å²) in [5.74, 6) is 0.855. The van der Waals surface area contributed by atoms with Crippen molar-refractivity contribution in [3.05, 3.63) is 52.7 Å². The summed E-state index contributed by atoms with van der Waals surface area (Å²) in [7, 11) is 0. The van der Waals surface area contributed by atoms with Crippen molar-refractivity contribution in [2.24, 2.45) is 0 Å². The van der Waals surface area contributed by atoms with Crippen LogP contribution in [-0.4, -0.2) is 29.4 Å². The van der Waals surface area contributed by atoms with Crippen molar-refractivity contribution in [3.63, 3.8) is 0 Å². The van der Waals surface area contributed by atoms with Crippen molar-refractivity contribution in [1.29, 1.82) is 0 Å². The van der Waals surface area contributed by atoms with Crippen LogP contribution in [0.4, 0.5) is 0 Å². The highest BCUT2D eigenvalue weighted by atomic mass is 16.5. The minimum Gasteiger partial charge on any atom is -0.493 e. The molecule has 6 heteroatoms. The molecule has 0 aliphatic carbocycles. The zero-order chi connectivity index (χ0) is 22.9. The summed E-state index contributed by atoms with van der Waals surface area (Å²) in [5, 5.41) is 14.2. The highest BCUT2D eigenvalue weighted by molar-refractivity contribution is 5.84. The Morgan fingerprint density at radius 1 is 1.00 bits per heavy atom. The minimum absolute atomic E-state index is 0.0302. The average Bonchev–Trinajstić information content (AvgIpc) is 3.15. The Kier molecular flexibility index (Phi) is 8.54. The number of aromatic nitrogens is 1. The first kappa shape index (κ1) is 23.6. The lowest BCUT2D eigenvalue weighted by Gasteiger charge is -2.14. The Morgan fingerprint density at radius 3 is 2.47 bits per heavy atom. The standard InChI is InChI=1S/C26H33NO5/c1-4-6-9-20-16-19(17-25(28)29)10-12-23(20)30-14-7-15-31-24-13-11-21-18(3)27-32-26(21)22(24)8-5-2/h10-13,16H,4-9,14-15,17H2,1-3H3,(H,28,29). The Labute approximate surface area is 189 Å². The zero-order valence-corrected chi connectivity index (χ0v) is 19.3. The fraction of sp³-hybridized carbons (Fsp3) is 0.462. The molecule has 0 aliphatic heterocycles. The van der Waals surface area contributed by atoms with Crippen LogP contribution in [0.15, 0.2) is 34.9 Å². The average molecular weight is 440 g/mol. The van der Waals surface area contributed by atoms with Gasteiger partial charge in [-0.3, -0.25) is 4.79 Å². The van der Waals surface area contributed by atoms with Crippen LogP contribution in [0, 0.1) is 6.92 Å². The fourth-order valence-electron chi connectivity index (χ4n) is 3.83. The molecule has 0 aliphatic rings. The molecule has 0 unspecified atom stereocenters. The molecular formula is C26H33NO5. The molecule has 0 saturated carbocycles. The van der Waals surface area contributed by atoms with Crippen molar-refractivity contribution in [1.82, 2.24) is 5.16 Å². The van der Waals surface area contributed by atoms with Crippen molar-refractivity contribution in [2.75, 3.05) is 13.2 Å². The predicted molar refractivity (Wildman–Crippen MR) is 125 cm³/mol. The molecule has 2 aromatic carbocycles. The Hall–Kier alpha value is -3.02. The van der Waals surface area contributed by atoms with E-state index < -0.39 is 5.97 Å². The van der Waals surface area contributed by atoms with Gasteiger partial charge in [0.25, 0.3) is 0 Å². The third-order valence-corrected chi connectivity index (χ3v) is 5.46. The topological polar surface area (TPSA) is 81.8 Å². The molecule has 1 N–H and O–H groups in total. The molecule has 0 radical (unpaired) electrons. The molecule has 32 heavy (non-hydrogen) atoms. The maximum atomic E-state index is 11.0. The van der Waals surface area contributed by atoms with Gasteiger partial charge in [0.1, 0.15) is 11.5 Å². The molecule has 0 bridgehead atoms. The van der Waals surface area contributed by atoms with Gasteiger partial charge in [0, 0.05) is 17.4 Å². The van der Waals surface area contributed by atoms with Gasteiger partial charge in [0.05, 0.1) is 25.3 Å². The number of benzene rings is 2. The normalized spacial score (nSPS) is 11.1. The van der Waals surface area contributed by atoms with Gasteiger partial charge in [-0.1, -0.05) is 44.0 Å². The van der Waals surface area contributed by atoms with Gasteiger partial charge >= 0.3 is 5.97 Å². The second-order valence-electron chi connectivity index (χ2n) is 8.10. The number of ether oxygens (including phenoxy) is 2. The fourth-order valence-corrected chi connectivity index (χ4v) is 3.83. The molecule has 3 aromatic rings. The molecule has 0 atom stereocenters. The van der Waals surface area contributed by atoms with E-state index in [-0.39, 0.29) is 6.42 Å². The summed E-state index contributed by atoms with van der Waals surface area (Å²) in [6, 6.07) is 9.69. The monoisotopic (exact) mass is 439 g/mol. The SMILES string of the molecule is CCCCc1cc(CC(=O)O)ccc1OCCCOc1ccc2c(C)noc2c1CCC. The molecule has 0 saturated heterocycles. The van der Waals surface area contributed by atoms with E-state index in [9.17, 15) is 4.79 Å². The van der Waals surface area contributed by atoms with E-state index in [1.807, 2.05) is 37.3 Å². The summed E-state index contributed by atoms with van der Waals surface area (Å²) in [4.78, 5) is 11.0. The number of aliphatic carboxylic acids is 1. The summed E-state index contributed by atoms with van der Waals surface area (Å²) in [6.45, 7) is 7.30. The summed E-state index contributed by atoms with van der Waals surface area (Å²) in [5.41, 5.74) is 4.66. The smallest absolute Gasteiger partial charge is 0.307 e. The number of hydrogen-bond donors (Lipinski definition) is 1. The van der Waals surface area contributed by atoms with E-state index in [1.54, 1.807) is 0 Å². The highest BCUT2D eigenvalue weighted by Crippen LogP contribution is 2.31. The number of carbonyl (C=O) groups is 1. The first-order valence-corrected chi connectivity index (χ1v) is 11.5. The van der Waals surface area contributed by atoms with E-state index in [0.717, 1.165) is 83.4 Å². The van der Waals surface area contributed by atoms with Crippen molar-refractivity contribution >= 4 is 16.9 Å². The van der Waals surface area contributed by atoms with Crippen molar-refractivity contribution < 1.29 is 23.9 Å². The lowest BCUT2D eigenvalue weighted by atomic mass is 10.0. The summed E-state index contributed by atoms with van der Waals surface area (Å²) >= 11 is 0. The second-order valence-corrected chi connectivity index (χ2v) is 8.10. The molecule has 1 heterocycles.